The van der Waals surface area contributed by atoms with Gasteiger partial charge in [-0.2, -0.15) is 0 Å². The number of carbonyl (C=O) groups excluding carboxylic acids is 1. The van der Waals surface area contributed by atoms with Crippen LogP contribution < -0.4 is 0 Å². The van der Waals surface area contributed by atoms with E-state index in [0.717, 1.165) is 5.56 Å². The first kappa shape index (κ1) is 18.1. The maximum atomic E-state index is 12.4. The number of aliphatic carboxylic acids is 2. The Labute approximate surface area is 141 Å². The number of carboxylic acids is 2. The summed E-state index contributed by atoms with van der Waals surface area (Å²) in [6.07, 6.45) is 1.54. The Morgan fingerprint density at radius 3 is 2.42 bits per heavy atom. The molecule has 0 aromatic heterocycles. The average molecular weight is 333 g/mol. The standard InChI is InChI=1S/C18H23NO5/c1-2-15(20)18(17(23)24)11-6-12-19(18)14(16(21)22)10-9-13-7-4-3-5-8-13/h3-5,7-8,14H,2,6,9-12H2,1H3,(H,21,22)(H,23,24)/t14?,18-/m1/s1. The van der Waals surface area contributed by atoms with Gasteiger partial charge >= 0.3 is 11.9 Å². The fourth-order valence-corrected chi connectivity index (χ4v) is 3.56. The van der Waals surface area contributed by atoms with Gasteiger partial charge in [-0.25, -0.2) is 4.79 Å². The monoisotopic (exact) mass is 333 g/mol. The topological polar surface area (TPSA) is 94.9 Å². The Kier molecular flexibility index (Phi) is 5.72. The van der Waals surface area contributed by atoms with E-state index in [1.54, 1.807) is 6.92 Å². The summed E-state index contributed by atoms with van der Waals surface area (Å²) in [5, 5.41) is 19.3. The minimum atomic E-state index is -1.70. The lowest BCUT2D eigenvalue weighted by Crippen LogP contribution is -2.61. The van der Waals surface area contributed by atoms with Gasteiger partial charge in [0.2, 0.25) is 0 Å². The van der Waals surface area contributed by atoms with Crippen LogP contribution in [0.2, 0.25) is 0 Å². The van der Waals surface area contributed by atoms with Crippen LogP contribution in [0.5, 0.6) is 0 Å². The number of rotatable bonds is 8. The Morgan fingerprint density at radius 2 is 1.88 bits per heavy atom. The van der Waals surface area contributed by atoms with Crippen molar-refractivity contribution in [3.63, 3.8) is 0 Å². The summed E-state index contributed by atoms with van der Waals surface area (Å²) in [6.45, 7) is 1.92. The predicted octanol–water partition coefficient (Wildman–Crippen LogP) is 1.97. The quantitative estimate of drug-likeness (QED) is 0.706. The normalized spacial score (nSPS) is 22.2. The van der Waals surface area contributed by atoms with Gasteiger partial charge in [-0.15, -0.1) is 0 Å². The molecule has 6 nitrogen and oxygen atoms in total. The number of carbonyl (C=O) groups is 3. The van der Waals surface area contributed by atoms with E-state index < -0.39 is 29.3 Å². The third-order valence-corrected chi connectivity index (χ3v) is 4.77. The van der Waals surface area contributed by atoms with Crippen molar-refractivity contribution < 1.29 is 24.6 Å². The smallest absolute Gasteiger partial charge is 0.331 e. The summed E-state index contributed by atoms with van der Waals surface area (Å²) in [6, 6.07) is 8.47. The van der Waals surface area contributed by atoms with Gasteiger partial charge in [0.25, 0.3) is 0 Å². The lowest BCUT2D eigenvalue weighted by molar-refractivity contribution is -0.161. The highest BCUT2D eigenvalue weighted by Gasteiger charge is 2.56. The van der Waals surface area contributed by atoms with Gasteiger partial charge < -0.3 is 10.2 Å². The summed E-state index contributed by atoms with van der Waals surface area (Å²) in [5.74, 6) is -2.74. The highest BCUT2D eigenvalue weighted by molar-refractivity contribution is 6.08. The molecule has 0 radical (unpaired) electrons. The van der Waals surface area contributed by atoms with Gasteiger partial charge in [-0.3, -0.25) is 14.5 Å². The van der Waals surface area contributed by atoms with E-state index in [-0.39, 0.29) is 19.3 Å². The molecule has 1 aliphatic heterocycles. The number of ketones is 1. The molecule has 0 aliphatic carbocycles. The average Bonchev–Trinajstić information content (AvgIpc) is 3.01. The number of hydrogen-bond acceptors (Lipinski definition) is 4. The number of nitrogens with zero attached hydrogens (tertiary/aromatic N) is 1. The summed E-state index contributed by atoms with van der Waals surface area (Å²) < 4.78 is 0. The van der Waals surface area contributed by atoms with Gasteiger partial charge in [0.05, 0.1) is 0 Å². The van der Waals surface area contributed by atoms with Crippen LogP contribution in [0, 0.1) is 0 Å². The van der Waals surface area contributed by atoms with E-state index in [9.17, 15) is 24.6 Å². The van der Waals surface area contributed by atoms with E-state index >= 15 is 0 Å². The number of benzene rings is 1. The molecule has 1 aliphatic rings. The maximum absolute atomic E-state index is 12.4. The molecule has 2 N–H and O–H groups in total. The molecule has 6 heteroatoms. The second-order valence-electron chi connectivity index (χ2n) is 6.12. The molecule has 0 amide bonds. The molecule has 1 heterocycles. The molecule has 0 spiro atoms. The zero-order valence-corrected chi connectivity index (χ0v) is 13.8. The zero-order chi connectivity index (χ0) is 17.7. The summed E-state index contributed by atoms with van der Waals surface area (Å²) in [7, 11) is 0. The minimum absolute atomic E-state index is 0.0772. The number of likely N-dealkylation sites (tertiary alicyclic amines) is 1. The molecule has 1 fully saturated rings. The molecule has 1 saturated heterocycles. The fourth-order valence-electron chi connectivity index (χ4n) is 3.56. The first-order chi connectivity index (χ1) is 11.4. The van der Waals surface area contributed by atoms with Crippen molar-refractivity contribution >= 4 is 17.7 Å². The number of carboxylic acid groups (broad SMARTS) is 2. The van der Waals surface area contributed by atoms with E-state index in [4.69, 9.17) is 0 Å². The second-order valence-corrected chi connectivity index (χ2v) is 6.12. The maximum Gasteiger partial charge on any atom is 0.331 e. The van der Waals surface area contributed by atoms with Crippen LogP contribution in [-0.4, -0.2) is 51.0 Å². The number of aryl methyl sites for hydroxylation is 1. The molecule has 24 heavy (non-hydrogen) atoms. The molecular weight excluding hydrogens is 310 g/mol. The molecular formula is C18H23NO5. The molecule has 1 aromatic rings. The van der Waals surface area contributed by atoms with Gasteiger partial charge in [0.15, 0.2) is 11.3 Å². The first-order valence-electron chi connectivity index (χ1n) is 8.23. The van der Waals surface area contributed by atoms with Crippen LogP contribution in [0.1, 0.15) is 38.2 Å². The Morgan fingerprint density at radius 1 is 1.21 bits per heavy atom. The summed E-state index contributed by atoms with van der Waals surface area (Å²) in [4.78, 5) is 37.4. The lowest BCUT2D eigenvalue weighted by Gasteiger charge is -2.37. The highest BCUT2D eigenvalue weighted by atomic mass is 16.4. The summed E-state index contributed by atoms with van der Waals surface area (Å²) >= 11 is 0. The molecule has 130 valence electrons. The highest BCUT2D eigenvalue weighted by Crippen LogP contribution is 2.35. The van der Waals surface area contributed by atoms with Crippen molar-refractivity contribution in [1.82, 2.24) is 4.90 Å². The van der Waals surface area contributed by atoms with Crippen molar-refractivity contribution in [2.24, 2.45) is 0 Å². The van der Waals surface area contributed by atoms with E-state index in [1.165, 1.54) is 4.90 Å². The van der Waals surface area contributed by atoms with Gasteiger partial charge in [-0.1, -0.05) is 37.3 Å². The molecule has 0 bridgehead atoms. The van der Waals surface area contributed by atoms with Crippen molar-refractivity contribution in [3.8, 4) is 0 Å². The van der Waals surface area contributed by atoms with Crippen LogP contribution in [0.4, 0.5) is 0 Å². The molecule has 1 unspecified atom stereocenters. The predicted molar refractivity (Wildman–Crippen MR) is 87.8 cm³/mol. The molecule has 1 aromatic carbocycles. The van der Waals surface area contributed by atoms with Crippen molar-refractivity contribution in [1.29, 1.82) is 0 Å². The third-order valence-electron chi connectivity index (χ3n) is 4.77. The van der Waals surface area contributed by atoms with E-state index in [2.05, 4.69) is 0 Å². The van der Waals surface area contributed by atoms with Gasteiger partial charge in [-0.05, 0) is 31.2 Å². The zero-order valence-electron chi connectivity index (χ0n) is 13.8. The largest absolute Gasteiger partial charge is 0.480 e. The van der Waals surface area contributed by atoms with Gasteiger partial charge in [0.1, 0.15) is 6.04 Å². The minimum Gasteiger partial charge on any atom is -0.480 e. The van der Waals surface area contributed by atoms with Crippen LogP contribution in [0.15, 0.2) is 30.3 Å². The van der Waals surface area contributed by atoms with Crippen LogP contribution >= 0.6 is 0 Å². The van der Waals surface area contributed by atoms with Crippen molar-refractivity contribution in [2.45, 2.75) is 50.6 Å². The van der Waals surface area contributed by atoms with Crippen LogP contribution in [0.3, 0.4) is 0 Å². The van der Waals surface area contributed by atoms with Gasteiger partial charge in [0, 0.05) is 13.0 Å². The van der Waals surface area contributed by atoms with Crippen molar-refractivity contribution in [3.05, 3.63) is 35.9 Å². The fraction of sp³-hybridized carbons (Fsp3) is 0.500. The second kappa shape index (κ2) is 7.57. The number of Topliss-reactive ketones (excluding diaryl/α,β-unsaturated/α-hetero) is 1. The molecule has 2 atom stereocenters. The van der Waals surface area contributed by atoms with Crippen LogP contribution in [-0.2, 0) is 20.8 Å². The van der Waals surface area contributed by atoms with Crippen LogP contribution in [0.25, 0.3) is 0 Å². The van der Waals surface area contributed by atoms with E-state index in [1.807, 2.05) is 30.3 Å². The molecule has 0 saturated carbocycles. The Balaban J connectivity index is 2.26. The summed E-state index contributed by atoms with van der Waals surface area (Å²) in [5.41, 5.74) is -0.709. The Bertz CT molecular complexity index is 615. The van der Waals surface area contributed by atoms with E-state index in [0.29, 0.717) is 19.4 Å². The number of hydrogen-bond donors (Lipinski definition) is 2. The Hall–Kier alpha value is -2.21. The van der Waals surface area contributed by atoms with Crippen molar-refractivity contribution in [2.75, 3.05) is 6.54 Å². The molecule has 2 rings (SSSR count). The first-order valence-corrected chi connectivity index (χ1v) is 8.23. The third kappa shape index (κ3) is 3.33. The lowest BCUT2D eigenvalue weighted by atomic mass is 9.87. The SMILES string of the molecule is CCC(=O)[C@@]1(C(=O)O)CCCN1C(CCc1ccccc1)C(=O)O.